The molecule has 0 unspecified atom stereocenters. The number of benzene rings is 2. The zero-order valence-electron chi connectivity index (χ0n) is 16.6. The summed E-state index contributed by atoms with van der Waals surface area (Å²) in [7, 11) is 0. The average Bonchev–Trinajstić information content (AvgIpc) is 2.66. The van der Waals surface area contributed by atoms with E-state index >= 15 is 0 Å². The average molecular weight is 414 g/mol. The predicted molar refractivity (Wildman–Crippen MR) is 107 cm³/mol. The molecule has 2 aromatic carbocycles. The van der Waals surface area contributed by atoms with Gasteiger partial charge in [-0.05, 0) is 56.0 Å². The van der Waals surface area contributed by atoms with Crippen LogP contribution in [0.15, 0.2) is 42.6 Å². The van der Waals surface area contributed by atoms with Crippen LogP contribution in [0.1, 0.15) is 42.3 Å². The van der Waals surface area contributed by atoms with Gasteiger partial charge in [-0.1, -0.05) is 12.1 Å². The number of carboxylic acid groups (broad SMARTS) is 1. The number of fused-ring (bicyclic) bond motifs is 1. The van der Waals surface area contributed by atoms with Gasteiger partial charge < -0.3 is 15.2 Å². The maximum atomic E-state index is 14.8. The zero-order valence-corrected chi connectivity index (χ0v) is 16.6. The number of nitrogens with zero attached hydrogens (tertiary/aromatic N) is 1. The van der Waals surface area contributed by atoms with E-state index in [1.165, 1.54) is 26.1 Å². The second kappa shape index (κ2) is 8.06. The van der Waals surface area contributed by atoms with Crippen molar-refractivity contribution in [1.82, 2.24) is 10.3 Å². The van der Waals surface area contributed by atoms with Gasteiger partial charge in [-0.2, -0.15) is 0 Å². The molecule has 0 aliphatic carbocycles. The van der Waals surface area contributed by atoms with Crippen LogP contribution in [0.3, 0.4) is 0 Å². The van der Waals surface area contributed by atoms with Gasteiger partial charge in [0, 0.05) is 17.1 Å². The normalized spacial score (nSPS) is 11.4. The number of carbonyl (C=O) groups excluding carboxylic acids is 1. The molecule has 0 saturated heterocycles. The Morgan fingerprint density at radius 1 is 1.13 bits per heavy atom. The van der Waals surface area contributed by atoms with Crippen LogP contribution in [-0.4, -0.2) is 28.6 Å². The number of hydrogen-bond acceptors (Lipinski definition) is 4. The van der Waals surface area contributed by atoms with Crippen molar-refractivity contribution in [3.8, 4) is 5.88 Å². The van der Waals surface area contributed by atoms with Gasteiger partial charge in [0.25, 0.3) is 0 Å². The first-order valence-electron chi connectivity index (χ1n) is 9.21. The van der Waals surface area contributed by atoms with E-state index in [0.29, 0.717) is 23.3 Å². The molecule has 2 N–H and O–H groups in total. The van der Waals surface area contributed by atoms with Crippen LogP contribution in [0.4, 0.5) is 13.6 Å². The monoisotopic (exact) mass is 414 g/mol. The second-order valence-electron chi connectivity index (χ2n) is 7.15. The Bertz CT molecular complexity index is 1120. The molecule has 0 aliphatic heterocycles. The highest BCUT2D eigenvalue weighted by Crippen LogP contribution is 2.30. The van der Waals surface area contributed by atoms with Crippen LogP contribution in [0.25, 0.3) is 10.8 Å². The molecule has 3 aromatic rings. The van der Waals surface area contributed by atoms with Crippen LogP contribution in [0, 0.1) is 11.6 Å². The molecule has 1 heterocycles. The van der Waals surface area contributed by atoms with Crippen molar-refractivity contribution in [2.75, 3.05) is 6.61 Å². The Kier molecular flexibility index (Phi) is 5.69. The number of ether oxygens (including phenoxy) is 1. The van der Waals surface area contributed by atoms with Gasteiger partial charge in [0.15, 0.2) is 5.78 Å². The molecule has 0 atom stereocenters. The minimum Gasteiger partial charge on any atom is -0.478 e. The molecule has 30 heavy (non-hydrogen) atoms. The van der Waals surface area contributed by atoms with Crippen LogP contribution in [-0.2, 0) is 5.54 Å². The number of aromatic nitrogens is 1. The highest BCUT2D eigenvalue weighted by atomic mass is 19.1. The fraction of sp³-hybridized carbons (Fsp3) is 0.227. The van der Waals surface area contributed by atoms with Gasteiger partial charge in [-0.3, -0.25) is 4.79 Å². The third-order valence-corrected chi connectivity index (χ3v) is 4.71. The van der Waals surface area contributed by atoms with Crippen molar-refractivity contribution in [3.63, 3.8) is 0 Å². The molecule has 0 fully saturated rings. The summed E-state index contributed by atoms with van der Waals surface area (Å²) in [5, 5.41) is 12.1. The number of pyridine rings is 1. The molecule has 156 valence electrons. The Morgan fingerprint density at radius 2 is 1.80 bits per heavy atom. The topological polar surface area (TPSA) is 88.5 Å². The summed E-state index contributed by atoms with van der Waals surface area (Å²) in [6.07, 6.45) is 0.121. The Labute approximate surface area is 171 Å². The molecule has 0 bridgehead atoms. The van der Waals surface area contributed by atoms with E-state index in [2.05, 4.69) is 10.3 Å². The zero-order chi connectivity index (χ0) is 22.1. The summed E-state index contributed by atoms with van der Waals surface area (Å²) in [6.45, 7) is 5.09. The van der Waals surface area contributed by atoms with Gasteiger partial charge in [-0.15, -0.1) is 0 Å². The SMILES string of the molecule is CCOc1nccc2c(C(=O)c3c(F)cc(C(C)(C)NC(=O)O)cc3F)cccc12. The maximum Gasteiger partial charge on any atom is 0.405 e. The van der Waals surface area contributed by atoms with Crippen molar-refractivity contribution in [1.29, 1.82) is 0 Å². The summed E-state index contributed by atoms with van der Waals surface area (Å²) in [5.74, 6) is -2.67. The summed E-state index contributed by atoms with van der Waals surface area (Å²) in [6, 6.07) is 8.28. The fourth-order valence-corrected chi connectivity index (χ4v) is 3.26. The highest BCUT2D eigenvalue weighted by molar-refractivity contribution is 6.17. The summed E-state index contributed by atoms with van der Waals surface area (Å²) in [5.41, 5.74) is -1.82. The van der Waals surface area contributed by atoms with Crippen molar-refractivity contribution in [2.24, 2.45) is 0 Å². The summed E-state index contributed by atoms with van der Waals surface area (Å²) in [4.78, 5) is 28.1. The molecule has 6 nitrogen and oxygen atoms in total. The van der Waals surface area contributed by atoms with Crippen LogP contribution < -0.4 is 10.1 Å². The minimum atomic E-state index is -1.34. The van der Waals surface area contributed by atoms with Gasteiger partial charge in [-0.25, -0.2) is 18.6 Å². The number of ketones is 1. The largest absolute Gasteiger partial charge is 0.478 e. The molecule has 0 saturated carbocycles. The smallest absolute Gasteiger partial charge is 0.405 e. The predicted octanol–water partition coefficient (Wildman–Crippen LogP) is 4.65. The van der Waals surface area contributed by atoms with Gasteiger partial charge >= 0.3 is 6.09 Å². The van der Waals surface area contributed by atoms with Gasteiger partial charge in [0.1, 0.15) is 11.6 Å². The Balaban J connectivity index is 2.10. The number of amides is 1. The lowest BCUT2D eigenvalue weighted by atomic mass is 9.90. The molecule has 1 amide bonds. The molecule has 3 rings (SSSR count). The molecule has 1 aromatic heterocycles. The molecular weight excluding hydrogens is 394 g/mol. The summed E-state index contributed by atoms with van der Waals surface area (Å²) >= 11 is 0. The van der Waals surface area contributed by atoms with Crippen LogP contribution >= 0.6 is 0 Å². The third kappa shape index (κ3) is 3.94. The minimum absolute atomic E-state index is 0.0530. The lowest BCUT2D eigenvalue weighted by Gasteiger charge is -2.25. The second-order valence-corrected chi connectivity index (χ2v) is 7.15. The third-order valence-electron chi connectivity index (χ3n) is 4.71. The van der Waals surface area contributed by atoms with Crippen molar-refractivity contribution in [2.45, 2.75) is 26.3 Å². The lowest BCUT2D eigenvalue weighted by molar-refractivity contribution is 0.103. The van der Waals surface area contributed by atoms with E-state index in [9.17, 15) is 18.4 Å². The van der Waals surface area contributed by atoms with E-state index < -0.39 is 34.6 Å². The molecule has 0 spiro atoms. The molecule has 0 radical (unpaired) electrons. The van der Waals surface area contributed by atoms with Gasteiger partial charge in [0.2, 0.25) is 5.88 Å². The number of rotatable bonds is 6. The van der Waals surface area contributed by atoms with Crippen molar-refractivity contribution < 1.29 is 28.2 Å². The fourth-order valence-electron chi connectivity index (χ4n) is 3.26. The van der Waals surface area contributed by atoms with E-state index in [1.807, 2.05) is 0 Å². The van der Waals surface area contributed by atoms with E-state index in [-0.39, 0.29) is 11.1 Å². The van der Waals surface area contributed by atoms with Crippen LogP contribution in [0.2, 0.25) is 0 Å². The Hall–Kier alpha value is -3.55. The molecular formula is C22H20F2N2O4. The van der Waals surface area contributed by atoms with Crippen LogP contribution in [0.5, 0.6) is 5.88 Å². The number of carbonyl (C=O) groups is 2. The molecule has 8 heteroatoms. The summed E-state index contributed by atoms with van der Waals surface area (Å²) < 4.78 is 35.2. The van der Waals surface area contributed by atoms with E-state index in [1.54, 1.807) is 25.1 Å². The van der Waals surface area contributed by atoms with Crippen molar-refractivity contribution in [3.05, 3.63) is 70.9 Å². The quantitative estimate of drug-likeness (QED) is 0.574. The van der Waals surface area contributed by atoms with Crippen molar-refractivity contribution >= 4 is 22.6 Å². The number of hydrogen-bond donors (Lipinski definition) is 2. The van der Waals surface area contributed by atoms with E-state index in [0.717, 1.165) is 12.1 Å². The van der Waals surface area contributed by atoms with Gasteiger partial charge in [0.05, 0.1) is 17.7 Å². The first-order chi connectivity index (χ1) is 14.2. The highest BCUT2D eigenvalue weighted by Gasteiger charge is 2.28. The first-order valence-corrected chi connectivity index (χ1v) is 9.21. The Morgan fingerprint density at radius 3 is 2.40 bits per heavy atom. The number of halogens is 2. The number of nitrogens with one attached hydrogen (secondary N) is 1. The lowest BCUT2D eigenvalue weighted by Crippen LogP contribution is -2.40. The standard InChI is InChI=1S/C22H20F2N2O4/c1-4-30-20-15-7-5-6-14(13(15)8-9-25-20)19(27)18-16(23)10-12(11-17(18)24)22(2,3)26-21(28)29/h5-11,26H,4H2,1-3H3,(H,28,29). The molecule has 0 aliphatic rings. The first kappa shape index (κ1) is 21.2. The maximum absolute atomic E-state index is 14.8. The van der Waals surface area contributed by atoms with E-state index in [4.69, 9.17) is 9.84 Å².